The van der Waals surface area contributed by atoms with Crippen LogP contribution in [0.4, 0.5) is 11.4 Å². The van der Waals surface area contributed by atoms with E-state index in [0.717, 1.165) is 12.2 Å². The Morgan fingerprint density at radius 2 is 1.50 bits per heavy atom. The summed E-state index contributed by atoms with van der Waals surface area (Å²) in [6.07, 6.45) is 1.68. The number of anilines is 2. The topological polar surface area (TPSA) is 95.5 Å². The summed E-state index contributed by atoms with van der Waals surface area (Å²) < 4.78 is 0. The fourth-order valence-corrected chi connectivity index (χ4v) is 1.25. The lowest BCUT2D eigenvalue weighted by Crippen LogP contribution is -2.17. The quantitative estimate of drug-likeness (QED) is 0.715. The van der Waals surface area contributed by atoms with Crippen molar-refractivity contribution in [2.24, 2.45) is 5.92 Å². The van der Waals surface area contributed by atoms with E-state index < -0.39 is 11.9 Å². The summed E-state index contributed by atoms with van der Waals surface area (Å²) in [7, 11) is 0. The van der Waals surface area contributed by atoms with Gasteiger partial charge < -0.3 is 15.7 Å². The monoisotopic (exact) mass is 276 g/mol. The van der Waals surface area contributed by atoms with Crippen molar-refractivity contribution in [3.05, 3.63) is 36.4 Å². The SMILES string of the molecule is CC(C)C(=O)Nc1ccc(NC(=O)C=CC(=O)O)cc1. The van der Waals surface area contributed by atoms with Gasteiger partial charge in [0.2, 0.25) is 11.8 Å². The molecule has 20 heavy (non-hydrogen) atoms. The molecule has 0 aliphatic rings. The smallest absolute Gasteiger partial charge is 0.328 e. The summed E-state index contributed by atoms with van der Waals surface area (Å²) in [6, 6.07) is 6.53. The molecule has 106 valence electrons. The van der Waals surface area contributed by atoms with Crippen LogP contribution in [-0.4, -0.2) is 22.9 Å². The molecule has 0 bridgehead atoms. The third-order valence-corrected chi connectivity index (χ3v) is 2.32. The number of carbonyl (C=O) groups is 3. The van der Waals surface area contributed by atoms with Gasteiger partial charge >= 0.3 is 5.97 Å². The minimum Gasteiger partial charge on any atom is -0.478 e. The number of hydrogen-bond acceptors (Lipinski definition) is 3. The van der Waals surface area contributed by atoms with E-state index in [1.54, 1.807) is 38.1 Å². The first-order chi connectivity index (χ1) is 9.38. The lowest BCUT2D eigenvalue weighted by atomic mass is 10.2. The molecule has 0 unspecified atom stereocenters. The number of benzene rings is 1. The Morgan fingerprint density at radius 3 is 1.95 bits per heavy atom. The second kappa shape index (κ2) is 7.08. The van der Waals surface area contributed by atoms with Gasteiger partial charge in [-0.15, -0.1) is 0 Å². The first kappa shape index (κ1) is 15.4. The highest BCUT2D eigenvalue weighted by Gasteiger charge is 2.06. The molecule has 0 heterocycles. The highest BCUT2D eigenvalue weighted by atomic mass is 16.4. The summed E-state index contributed by atoms with van der Waals surface area (Å²) >= 11 is 0. The summed E-state index contributed by atoms with van der Waals surface area (Å²) in [5, 5.41) is 13.6. The number of amides is 2. The van der Waals surface area contributed by atoms with Crippen LogP contribution in [0.1, 0.15) is 13.8 Å². The van der Waals surface area contributed by atoms with Crippen molar-refractivity contribution in [3.8, 4) is 0 Å². The van der Waals surface area contributed by atoms with Crippen LogP contribution in [0.3, 0.4) is 0 Å². The Bertz CT molecular complexity index is 533. The van der Waals surface area contributed by atoms with Crippen molar-refractivity contribution in [2.45, 2.75) is 13.8 Å². The van der Waals surface area contributed by atoms with Gasteiger partial charge in [-0.05, 0) is 24.3 Å². The minimum atomic E-state index is -1.19. The second-order valence-electron chi connectivity index (χ2n) is 4.38. The lowest BCUT2D eigenvalue weighted by Gasteiger charge is -2.08. The standard InChI is InChI=1S/C14H16N2O4/c1-9(2)14(20)16-11-5-3-10(4-6-11)15-12(17)7-8-13(18)19/h3-9H,1-2H3,(H,15,17)(H,16,20)(H,18,19). The molecule has 6 heteroatoms. The van der Waals surface area contributed by atoms with E-state index in [2.05, 4.69) is 10.6 Å². The van der Waals surface area contributed by atoms with Gasteiger partial charge in [0.25, 0.3) is 0 Å². The minimum absolute atomic E-state index is 0.0915. The summed E-state index contributed by atoms with van der Waals surface area (Å²) in [4.78, 5) is 33.1. The average molecular weight is 276 g/mol. The van der Waals surface area contributed by atoms with Crippen molar-refractivity contribution < 1.29 is 19.5 Å². The molecule has 0 spiro atoms. The van der Waals surface area contributed by atoms with Crippen LogP contribution in [0.15, 0.2) is 36.4 Å². The molecule has 0 fully saturated rings. The zero-order chi connectivity index (χ0) is 15.1. The van der Waals surface area contributed by atoms with Crippen LogP contribution in [0, 0.1) is 5.92 Å². The van der Waals surface area contributed by atoms with Crippen LogP contribution in [0.2, 0.25) is 0 Å². The molecule has 0 atom stereocenters. The van der Waals surface area contributed by atoms with E-state index in [9.17, 15) is 14.4 Å². The first-order valence-electron chi connectivity index (χ1n) is 6.01. The van der Waals surface area contributed by atoms with Gasteiger partial charge in [0, 0.05) is 29.4 Å². The maximum atomic E-state index is 11.5. The summed E-state index contributed by atoms with van der Waals surface area (Å²) in [6.45, 7) is 3.58. The lowest BCUT2D eigenvalue weighted by molar-refractivity contribution is -0.131. The molecule has 0 aliphatic carbocycles. The fraction of sp³-hybridized carbons (Fsp3) is 0.214. The maximum absolute atomic E-state index is 11.5. The van der Waals surface area contributed by atoms with Crippen LogP contribution >= 0.6 is 0 Å². The van der Waals surface area contributed by atoms with Gasteiger partial charge in [0.05, 0.1) is 0 Å². The van der Waals surface area contributed by atoms with Crippen LogP contribution in [0.25, 0.3) is 0 Å². The number of carbonyl (C=O) groups excluding carboxylic acids is 2. The van der Waals surface area contributed by atoms with E-state index in [4.69, 9.17) is 5.11 Å². The Kier molecular flexibility index (Phi) is 5.46. The van der Waals surface area contributed by atoms with Crippen LogP contribution in [0.5, 0.6) is 0 Å². The molecule has 1 aromatic carbocycles. The third-order valence-electron chi connectivity index (χ3n) is 2.32. The molecule has 2 amide bonds. The van der Waals surface area contributed by atoms with E-state index >= 15 is 0 Å². The van der Waals surface area contributed by atoms with Gasteiger partial charge in [0.1, 0.15) is 0 Å². The molecule has 0 saturated heterocycles. The second-order valence-corrected chi connectivity index (χ2v) is 4.38. The van der Waals surface area contributed by atoms with Gasteiger partial charge in [-0.25, -0.2) is 4.79 Å². The molecular weight excluding hydrogens is 260 g/mol. The normalized spacial score (nSPS) is 10.6. The van der Waals surface area contributed by atoms with Gasteiger partial charge in [-0.2, -0.15) is 0 Å². The number of carboxylic acid groups (broad SMARTS) is 1. The number of hydrogen-bond donors (Lipinski definition) is 3. The number of aliphatic carboxylic acids is 1. The average Bonchev–Trinajstić information content (AvgIpc) is 2.38. The number of nitrogens with one attached hydrogen (secondary N) is 2. The Balaban J connectivity index is 2.61. The molecule has 0 saturated carbocycles. The van der Waals surface area contributed by atoms with E-state index in [1.807, 2.05) is 0 Å². The van der Waals surface area contributed by atoms with Crippen molar-refractivity contribution in [1.82, 2.24) is 0 Å². The largest absolute Gasteiger partial charge is 0.478 e. The van der Waals surface area contributed by atoms with Crippen molar-refractivity contribution in [1.29, 1.82) is 0 Å². The molecule has 3 N–H and O–H groups in total. The Morgan fingerprint density at radius 1 is 1.00 bits per heavy atom. The fourth-order valence-electron chi connectivity index (χ4n) is 1.25. The van der Waals surface area contributed by atoms with Crippen molar-refractivity contribution >= 4 is 29.2 Å². The van der Waals surface area contributed by atoms with Gasteiger partial charge in [-0.3, -0.25) is 9.59 Å². The highest BCUT2D eigenvalue weighted by molar-refractivity contribution is 6.02. The Hall–Kier alpha value is -2.63. The highest BCUT2D eigenvalue weighted by Crippen LogP contribution is 2.14. The summed E-state index contributed by atoms with van der Waals surface area (Å²) in [5.41, 5.74) is 1.13. The number of rotatable bonds is 5. The molecule has 0 aliphatic heterocycles. The molecule has 0 radical (unpaired) electrons. The zero-order valence-electron chi connectivity index (χ0n) is 11.2. The van der Waals surface area contributed by atoms with E-state index in [-0.39, 0.29) is 11.8 Å². The molecule has 6 nitrogen and oxygen atoms in total. The predicted molar refractivity (Wildman–Crippen MR) is 75.3 cm³/mol. The van der Waals surface area contributed by atoms with Crippen LogP contribution < -0.4 is 10.6 Å². The van der Waals surface area contributed by atoms with E-state index in [0.29, 0.717) is 11.4 Å². The van der Waals surface area contributed by atoms with Gasteiger partial charge in [-0.1, -0.05) is 13.8 Å². The van der Waals surface area contributed by atoms with Crippen molar-refractivity contribution in [3.63, 3.8) is 0 Å². The maximum Gasteiger partial charge on any atom is 0.328 e. The summed E-state index contributed by atoms with van der Waals surface area (Å²) in [5.74, 6) is -1.93. The predicted octanol–water partition coefficient (Wildman–Crippen LogP) is 1.86. The molecule has 1 aromatic rings. The first-order valence-corrected chi connectivity index (χ1v) is 6.01. The zero-order valence-corrected chi connectivity index (χ0v) is 11.2. The van der Waals surface area contributed by atoms with E-state index in [1.165, 1.54) is 0 Å². The van der Waals surface area contributed by atoms with Crippen molar-refractivity contribution in [2.75, 3.05) is 10.6 Å². The number of carboxylic acids is 1. The third kappa shape index (κ3) is 5.34. The molecule has 1 rings (SSSR count). The molecule has 0 aromatic heterocycles. The molecular formula is C14H16N2O4. The Labute approximate surface area is 116 Å². The van der Waals surface area contributed by atoms with Gasteiger partial charge in [0.15, 0.2) is 0 Å². The van der Waals surface area contributed by atoms with Crippen LogP contribution in [-0.2, 0) is 14.4 Å².